The number of ether oxygens (including phenoxy) is 1. The lowest BCUT2D eigenvalue weighted by Gasteiger charge is -2.13. The maximum atomic E-state index is 13.2. The molecule has 0 bridgehead atoms. The Hall–Kier alpha value is -3.05. The van der Waals surface area contributed by atoms with Gasteiger partial charge in [0.2, 0.25) is 0 Å². The third kappa shape index (κ3) is 4.92. The van der Waals surface area contributed by atoms with Gasteiger partial charge in [0, 0.05) is 5.75 Å². The number of hydrogen-bond acceptors (Lipinski definition) is 4. The van der Waals surface area contributed by atoms with Gasteiger partial charge in [-0.1, -0.05) is 71.9 Å². The quantitative estimate of drug-likeness (QED) is 0.222. The van der Waals surface area contributed by atoms with E-state index in [4.69, 9.17) is 9.72 Å². The molecule has 0 saturated carbocycles. The van der Waals surface area contributed by atoms with E-state index >= 15 is 0 Å². The molecule has 0 amide bonds. The molecule has 0 aliphatic carbocycles. The van der Waals surface area contributed by atoms with Crippen LogP contribution in [0, 0.1) is 6.92 Å². The molecule has 3 aromatic carbocycles. The largest absolute Gasteiger partial charge is 0.494 e. The number of aromatic nitrogens is 2. The first-order chi connectivity index (χ1) is 14.7. The van der Waals surface area contributed by atoms with E-state index in [1.807, 2.05) is 54.6 Å². The summed E-state index contributed by atoms with van der Waals surface area (Å²) >= 11 is 1.61. The Morgan fingerprint density at radius 3 is 2.47 bits per heavy atom. The molecular formula is C25H24N2O2S. The van der Waals surface area contributed by atoms with Crippen molar-refractivity contribution >= 4 is 22.7 Å². The molecule has 5 heteroatoms. The van der Waals surface area contributed by atoms with Gasteiger partial charge in [-0.05, 0) is 43.2 Å². The van der Waals surface area contributed by atoms with Crippen molar-refractivity contribution in [1.29, 1.82) is 0 Å². The molecule has 0 aliphatic rings. The lowest BCUT2D eigenvalue weighted by Crippen LogP contribution is -2.24. The number of hydrogen-bond donors (Lipinski definition) is 0. The summed E-state index contributed by atoms with van der Waals surface area (Å²) in [5.74, 6) is 1.70. The molecule has 4 aromatic rings. The first kappa shape index (κ1) is 20.2. The van der Waals surface area contributed by atoms with Gasteiger partial charge in [0.05, 0.1) is 24.1 Å². The van der Waals surface area contributed by atoms with Crippen molar-refractivity contribution < 1.29 is 4.74 Å². The smallest absolute Gasteiger partial charge is 0.262 e. The van der Waals surface area contributed by atoms with E-state index < -0.39 is 0 Å². The van der Waals surface area contributed by atoms with E-state index in [9.17, 15) is 4.79 Å². The van der Waals surface area contributed by atoms with Crippen molar-refractivity contribution in [2.45, 2.75) is 25.0 Å². The fraction of sp³-hybridized carbons (Fsp3) is 0.200. The normalized spacial score (nSPS) is 11.0. The van der Waals surface area contributed by atoms with Crippen molar-refractivity contribution in [3.8, 4) is 5.75 Å². The van der Waals surface area contributed by atoms with Gasteiger partial charge < -0.3 is 4.74 Å². The Morgan fingerprint density at radius 1 is 0.933 bits per heavy atom. The van der Waals surface area contributed by atoms with Gasteiger partial charge >= 0.3 is 0 Å². The Balaban J connectivity index is 1.51. The summed E-state index contributed by atoms with van der Waals surface area (Å²) < 4.78 is 7.56. The molecule has 0 unspecified atom stereocenters. The van der Waals surface area contributed by atoms with Gasteiger partial charge in [0.25, 0.3) is 5.56 Å². The van der Waals surface area contributed by atoms with Crippen LogP contribution in [0.15, 0.2) is 88.8 Å². The van der Waals surface area contributed by atoms with Crippen molar-refractivity contribution in [3.63, 3.8) is 0 Å². The predicted molar refractivity (Wildman–Crippen MR) is 124 cm³/mol. The van der Waals surface area contributed by atoms with Gasteiger partial charge in [-0.2, -0.15) is 0 Å². The van der Waals surface area contributed by atoms with E-state index in [1.165, 1.54) is 5.56 Å². The molecule has 4 rings (SSSR count). The topological polar surface area (TPSA) is 44.1 Å². The minimum absolute atomic E-state index is 0.00390. The van der Waals surface area contributed by atoms with E-state index in [0.717, 1.165) is 34.2 Å². The maximum absolute atomic E-state index is 13.2. The van der Waals surface area contributed by atoms with Gasteiger partial charge in [-0.3, -0.25) is 9.36 Å². The lowest BCUT2D eigenvalue weighted by molar-refractivity contribution is 0.318. The van der Waals surface area contributed by atoms with Gasteiger partial charge in [0.1, 0.15) is 5.75 Å². The van der Waals surface area contributed by atoms with Crippen LogP contribution in [0.5, 0.6) is 5.75 Å². The van der Waals surface area contributed by atoms with Crippen LogP contribution in [-0.2, 0) is 6.54 Å². The highest BCUT2D eigenvalue weighted by Gasteiger charge is 2.12. The van der Waals surface area contributed by atoms with Crippen LogP contribution >= 0.6 is 11.8 Å². The Labute approximate surface area is 180 Å². The lowest BCUT2D eigenvalue weighted by atomic mass is 10.1. The summed E-state index contributed by atoms with van der Waals surface area (Å²) in [4.78, 5) is 18.0. The first-order valence-corrected chi connectivity index (χ1v) is 11.0. The molecule has 0 spiro atoms. The second kappa shape index (κ2) is 9.63. The molecule has 0 saturated heterocycles. The number of nitrogens with zero attached hydrogens (tertiary/aromatic N) is 2. The molecule has 30 heavy (non-hydrogen) atoms. The molecular weight excluding hydrogens is 392 g/mol. The number of benzene rings is 3. The maximum Gasteiger partial charge on any atom is 0.262 e. The highest BCUT2D eigenvalue weighted by molar-refractivity contribution is 7.99. The number of thioether (sulfide) groups is 1. The highest BCUT2D eigenvalue weighted by atomic mass is 32.2. The number of para-hydroxylation sites is 2. The zero-order valence-electron chi connectivity index (χ0n) is 17.0. The molecule has 0 N–H and O–H groups in total. The standard InChI is InChI=1S/C25H24N2O2S/c1-19-12-14-20(15-13-19)18-27-24(28)22-10-5-6-11-23(22)26-25(27)30-17-7-16-29-21-8-3-2-4-9-21/h2-6,8-15H,7,16-18H2,1H3. The molecule has 152 valence electrons. The molecule has 1 aromatic heterocycles. The molecule has 0 aliphatic heterocycles. The summed E-state index contributed by atoms with van der Waals surface area (Å²) in [7, 11) is 0. The van der Waals surface area contributed by atoms with Crippen LogP contribution in [0.2, 0.25) is 0 Å². The van der Waals surface area contributed by atoms with E-state index in [2.05, 4.69) is 31.2 Å². The molecule has 0 radical (unpaired) electrons. The summed E-state index contributed by atoms with van der Waals surface area (Å²) in [6.45, 7) is 3.21. The van der Waals surface area contributed by atoms with Gasteiger partial charge in [-0.25, -0.2) is 4.98 Å². The average Bonchev–Trinajstić information content (AvgIpc) is 2.78. The van der Waals surface area contributed by atoms with Crippen LogP contribution in [0.4, 0.5) is 0 Å². The van der Waals surface area contributed by atoms with Crippen LogP contribution < -0.4 is 10.3 Å². The fourth-order valence-electron chi connectivity index (χ4n) is 3.20. The van der Waals surface area contributed by atoms with Crippen molar-refractivity contribution in [2.24, 2.45) is 0 Å². The SMILES string of the molecule is Cc1ccc(Cn2c(SCCCOc3ccccc3)nc3ccccc3c2=O)cc1. The minimum atomic E-state index is 0.00390. The summed E-state index contributed by atoms with van der Waals surface area (Å²) in [6.07, 6.45) is 0.868. The molecule has 0 fully saturated rings. The summed E-state index contributed by atoms with van der Waals surface area (Å²) in [5, 5.41) is 1.40. The predicted octanol–water partition coefficient (Wildman–Crippen LogP) is 5.31. The summed E-state index contributed by atoms with van der Waals surface area (Å²) in [6, 6.07) is 25.6. The fourth-order valence-corrected chi connectivity index (χ4v) is 4.11. The molecule has 4 nitrogen and oxygen atoms in total. The highest BCUT2D eigenvalue weighted by Crippen LogP contribution is 2.20. The van der Waals surface area contributed by atoms with Gasteiger partial charge in [0.15, 0.2) is 5.16 Å². The average molecular weight is 417 g/mol. The van der Waals surface area contributed by atoms with E-state index in [0.29, 0.717) is 18.5 Å². The molecule has 0 atom stereocenters. The van der Waals surface area contributed by atoms with E-state index in [-0.39, 0.29) is 5.56 Å². The van der Waals surface area contributed by atoms with E-state index in [1.54, 1.807) is 16.3 Å². The first-order valence-electron chi connectivity index (χ1n) is 10.1. The van der Waals surface area contributed by atoms with Crippen LogP contribution in [-0.4, -0.2) is 21.9 Å². The second-order valence-electron chi connectivity index (χ2n) is 7.15. The third-order valence-electron chi connectivity index (χ3n) is 4.82. The van der Waals surface area contributed by atoms with Crippen LogP contribution in [0.1, 0.15) is 17.5 Å². The summed E-state index contributed by atoms with van der Waals surface area (Å²) in [5.41, 5.74) is 3.04. The zero-order chi connectivity index (χ0) is 20.8. The van der Waals surface area contributed by atoms with Crippen molar-refractivity contribution in [1.82, 2.24) is 9.55 Å². The second-order valence-corrected chi connectivity index (χ2v) is 8.21. The van der Waals surface area contributed by atoms with Crippen LogP contribution in [0.25, 0.3) is 10.9 Å². The van der Waals surface area contributed by atoms with Crippen LogP contribution in [0.3, 0.4) is 0 Å². The third-order valence-corrected chi connectivity index (χ3v) is 5.88. The van der Waals surface area contributed by atoms with Gasteiger partial charge in [-0.15, -0.1) is 0 Å². The number of aryl methyl sites for hydroxylation is 1. The minimum Gasteiger partial charge on any atom is -0.494 e. The molecule has 1 heterocycles. The van der Waals surface area contributed by atoms with Crippen molar-refractivity contribution in [3.05, 3.63) is 100 Å². The zero-order valence-corrected chi connectivity index (χ0v) is 17.8. The Morgan fingerprint density at radius 2 is 1.67 bits per heavy atom. The Bertz CT molecular complexity index is 1170. The number of fused-ring (bicyclic) bond motifs is 1. The monoisotopic (exact) mass is 416 g/mol. The Kier molecular flexibility index (Phi) is 6.50. The number of rotatable bonds is 8. The van der Waals surface area contributed by atoms with Crippen molar-refractivity contribution in [2.75, 3.05) is 12.4 Å².